The standard InChI is InChI=1S/C26H31NO6/c1-5-6-10-27-22(18-8-7-9-19(15-18)33-12-11-28)21(24(30)26(27)31)23(29)20-14-16(2)13-17(3)25(20)32-4/h7-9,13-15,22,28-29H,5-6,10-12H2,1-4H3/b23-21+. The molecule has 0 radical (unpaired) electrons. The van der Waals surface area contributed by atoms with Crippen LogP contribution in [0.25, 0.3) is 5.76 Å². The SMILES string of the molecule is CCCCN1C(=O)C(=O)/C(=C(/O)c2cc(C)cc(C)c2OC)C1c1cccc(OCCO)c1. The molecule has 1 saturated heterocycles. The van der Waals surface area contributed by atoms with E-state index in [1.807, 2.05) is 26.8 Å². The van der Waals surface area contributed by atoms with Crippen LogP contribution in [-0.2, 0) is 9.59 Å². The number of ether oxygens (including phenoxy) is 2. The molecule has 1 unspecified atom stereocenters. The summed E-state index contributed by atoms with van der Waals surface area (Å²) in [6.07, 6.45) is 1.57. The molecule has 0 aromatic heterocycles. The Hall–Kier alpha value is -3.32. The number of amides is 1. The van der Waals surface area contributed by atoms with Gasteiger partial charge < -0.3 is 24.6 Å². The van der Waals surface area contributed by atoms with Crippen LogP contribution in [-0.4, -0.2) is 53.7 Å². The number of methoxy groups -OCH3 is 1. The Morgan fingerprint density at radius 1 is 1.15 bits per heavy atom. The molecule has 7 heteroatoms. The second kappa shape index (κ2) is 10.5. The van der Waals surface area contributed by atoms with Crippen molar-refractivity contribution in [1.29, 1.82) is 0 Å². The molecule has 1 amide bonds. The summed E-state index contributed by atoms with van der Waals surface area (Å²) in [5.41, 5.74) is 2.76. The number of hydrogen-bond donors (Lipinski definition) is 2. The fourth-order valence-corrected chi connectivity index (χ4v) is 4.27. The summed E-state index contributed by atoms with van der Waals surface area (Å²) < 4.78 is 11.1. The van der Waals surface area contributed by atoms with Gasteiger partial charge in [0.25, 0.3) is 11.7 Å². The maximum absolute atomic E-state index is 13.2. The summed E-state index contributed by atoms with van der Waals surface area (Å²) >= 11 is 0. The first-order valence-electron chi connectivity index (χ1n) is 11.1. The van der Waals surface area contributed by atoms with Gasteiger partial charge in [-0.3, -0.25) is 9.59 Å². The van der Waals surface area contributed by atoms with Gasteiger partial charge in [0.1, 0.15) is 23.9 Å². The monoisotopic (exact) mass is 453 g/mol. The Morgan fingerprint density at radius 2 is 1.91 bits per heavy atom. The van der Waals surface area contributed by atoms with E-state index in [-0.39, 0.29) is 24.5 Å². The lowest BCUT2D eigenvalue weighted by atomic mass is 9.93. The lowest BCUT2D eigenvalue weighted by molar-refractivity contribution is -0.139. The predicted molar refractivity (Wildman–Crippen MR) is 125 cm³/mol. The fourth-order valence-electron chi connectivity index (χ4n) is 4.27. The zero-order valence-electron chi connectivity index (χ0n) is 19.6. The number of likely N-dealkylation sites (tertiary alicyclic amines) is 1. The van der Waals surface area contributed by atoms with E-state index >= 15 is 0 Å². The highest BCUT2D eigenvalue weighted by Crippen LogP contribution is 2.42. The first-order chi connectivity index (χ1) is 15.8. The van der Waals surface area contributed by atoms with E-state index < -0.39 is 17.7 Å². The second-order valence-electron chi connectivity index (χ2n) is 8.15. The van der Waals surface area contributed by atoms with Gasteiger partial charge in [-0.15, -0.1) is 0 Å². The highest BCUT2D eigenvalue weighted by molar-refractivity contribution is 6.46. The molecule has 2 aromatic rings. The van der Waals surface area contributed by atoms with Gasteiger partial charge in [0.2, 0.25) is 0 Å². The number of aliphatic hydroxyl groups excluding tert-OH is 2. The number of carbonyl (C=O) groups is 2. The van der Waals surface area contributed by atoms with Gasteiger partial charge in [-0.1, -0.05) is 31.5 Å². The molecule has 7 nitrogen and oxygen atoms in total. The quantitative estimate of drug-likeness (QED) is 0.340. The Bertz CT molecular complexity index is 1070. The third kappa shape index (κ3) is 4.88. The summed E-state index contributed by atoms with van der Waals surface area (Å²) in [6, 6.07) is 9.95. The fraction of sp³-hybridized carbons (Fsp3) is 0.385. The number of carbonyl (C=O) groups excluding carboxylic acids is 2. The topological polar surface area (TPSA) is 96.3 Å². The molecule has 1 atom stereocenters. The minimum absolute atomic E-state index is 0.0266. The van der Waals surface area contributed by atoms with E-state index in [2.05, 4.69) is 0 Å². The van der Waals surface area contributed by atoms with E-state index in [0.29, 0.717) is 29.2 Å². The summed E-state index contributed by atoms with van der Waals surface area (Å²) in [6.45, 7) is 6.14. The number of Topliss-reactive ketones (excluding diaryl/α,β-unsaturated/α-hetero) is 1. The van der Waals surface area contributed by atoms with Crippen molar-refractivity contribution in [2.24, 2.45) is 0 Å². The number of aryl methyl sites for hydroxylation is 2. The van der Waals surface area contributed by atoms with E-state index in [0.717, 1.165) is 24.0 Å². The Balaban J connectivity index is 2.22. The average Bonchev–Trinajstić information content (AvgIpc) is 3.05. The van der Waals surface area contributed by atoms with Crippen molar-refractivity contribution in [2.45, 2.75) is 39.7 Å². The maximum atomic E-state index is 13.2. The highest BCUT2D eigenvalue weighted by Gasteiger charge is 2.46. The first kappa shape index (κ1) is 24.3. The van der Waals surface area contributed by atoms with Crippen molar-refractivity contribution in [3.8, 4) is 11.5 Å². The van der Waals surface area contributed by atoms with Crippen molar-refractivity contribution in [2.75, 3.05) is 26.9 Å². The molecular weight excluding hydrogens is 422 g/mol. The van der Waals surface area contributed by atoms with Crippen molar-refractivity contribution >= 4 is 17.4 Å². The van der Waals surface area contributed by atoms with Gasteiger partial charge in [0.15, 0.2) is 0 Å². The van der Waals surface area contributed by atoms with Crippen LogP contribution in [0.3, 0.4) is 0 Å². The van der Waals surface area contributed by atoms with Gasteiger partial charge in [-0.2, -0.15) is 0 Å². The minimum Gasteiger partial charge on any atom is -0.507 e. The van der Waals surface area contributed by atoms with Crippen molar-refractivity contribution in [3.63, 3.8) is 0 Å². The number of benzene rings is 2. The Kier molecular flexibility index (Phi) is 7.76. The zero-order chi connectivity index (χ0) is 24.1. The molecule has 1 heterocycles. The van der Waals surface area contributed by atoms with Gasteiger partial charge in [0.05, 0.1) is 30.9 Å². The van der Waals surface area contributed by atoms with Gasteiger partial charge in [0, 0.05) is 6.54 Å². The number of aliphatic hydroxyl groups is 2. The number of hydrogen-bond acceptors (Lipinski definition) is 6. The van der Waals surface area contributed by atoms with Crippen molar-refractivity contribution in [3.05, 3.63) is 64.2 Å². The molecule has 0 aliphatic carbocycles. The molecule has 1 fully saturated rings. The second-order valence-corrected chi connectivity index (χ2v) is 8.15. The van der Waals surface area contributed by atoms with E-state index in [1.54, 1.807) is 30.3 Å². The number of nitrogens with zero attached hydrogens (tertiary/aromatic N) is 1. The molecule has 2 aromatic carbocycles. The third-order valence-electron chi connectivity index (χ3n) is 5.70. The molecule has 0 saturated carbocycles. The molecule has 0 spiro atoms. The van der Waals surface area contributed by atoms with Gasteiger partial charge >= 0.3 is 0 Å². The van der Waals surface area contributed by atoms with Crippen LogP contribution in [0.15, 0.2) is 42.0 Å². The molecule has 3 rings (SSSR count). The zero-order valence-corrected chi connectivity index (χ0v) is 19.6. The minimum atomic E-state index is -0.764. The summed E-state index contributed by atoms with van der Waals surface area (Å²) in [7, 11) is 1.51. The molecular formula is C26H31NO6. The molecule has 33 heavy (non-hydrogen) atoms. The predicted octanol–water partition coefficient (Wildman–Crippen LogP) is 3.90. The number of rotatable bonds is 9. The number of unbranched alkanes of at least 4 members (excludes halogenated alkanes) is 1. The first-order valence-corrected chi connectivity index (χ1v) is 11.1. The molecule has 1 aliphatic rings. The van der Waals surface area contributed by atoms with Crippen LogP contribution in [0.1, 0.15) is 48.1 Å². The van der Waals surface area contributed by atoms with E-state index in [9.17, 15) is 14.7 Å². The number of ketones is 1. The van der Waals surface area contributed by atoms with Gasteiger partial charge in [-0.25, -0.2) is 0 Å². The van der Waals surface area contributed by atoms with Crippen LogP contribution in [0.4, 0.5) is 0 Å². The van der Waals surface area contributed by atoms with Crippen molar-refractivity contribution in [1.82, 2.24) is 4.90 Å². The van der Waals surface area contributed by atoms with Crippen LogP contribution >= 0.6 is 0 Å². The van der Waals surface area contributed by atoms with Crippen molar-refractivity contribution < 1.29 is 29.3 Å². The lowest BCUT2D eigenvalue weighted by Crippen LogP contribution is -2.30. The average molecular weight is 454 g/mol. The molecule has 2 N–H and O–H groups in total. The molecule has 176 valence electrons. The Morgan fingerprint density at radius 3 is 2.58 bits per heavy atom. The molecule has 0 bridgehead atoms. The highest BCUT2D eigenvalue weighted by atomic mass is 16.5. The van der Waals surface area contributed by atoms with Crippen LogP contribution in [0.2, 0.25) is 0 Å². The normalized spacial score (nSPS) is 17.5. The lowest BCUT2D eigenvalue weighted by Gasteiger charge is -2.26. The smallest absolute Gasteiger partial charge is 0.295 e. The van der Waals surface area contributed by atoms with Crippen LogP contribution in [0, 0.1) is 13.8 Å². The van der Waals surface area contributed by atoms with Crippen LogP contribution in [0.5, 0.6) is 11.5 Å². The maximum Gasteiger partial charge on any atom is 0.295 e. The van der Waals surface area contributed by atoms with E-state index in [4.69, 9.17) is 14.6 Å². The summed E-state index contributed by atoms with van der Waals surface area (Å²) in [5, 5.41) is 20.5. The van der Waals surface area contributed by atoms with E-state index in [1.165, 1.54) is 12.0 Å². The largest absolute Gasteiger partial charge is 0.507 e. The van der Waals surface area contributed by atoms with Crippen LogP contribution < -0.4 is 9.47 Å². The third-order valence-corrected chi connectivity index (χ3v) is 5.70. The van der Waals surface area contributed by atoms with Gasteiger partial charge in [-0.05, 0) is 55.2 Å². The summed E-state index contributed by atoms with van der Waals surface area (Å²) in [5.74, 6) is -0.664. The Labute approximate surface area is 194 Å². The molecule has 1 aliphatic heterocycles. The summed E-state index contributed by atoms with van der Waals surface area (Å²) in [4.78, 5) is 27.7.